The number of imidazole rings is 1. The summed E-state index contributed by atoms with van der Waals surface area (Å²) in [6.45, 7) is 0.792. The number of aromatic nitrogens is 4. The van der Waals surface area contributed by atoms with E-state index < -0.39 is 17.7 Å². The molecule has 1 aliphatic heterocycles. The summed E-state index contributed by atoms with van der Waals surface area (Å²) >= 11 is 0. The third-order valence-corrected chi connectivity index (χ3v) is 5.63. The molecule has 0 saturated carbocycles. The SMILES string of the molecule is O=C(Oc1ccc(F)c(F)c1)N1CCC(Oc2cc(-n3cnc(-c4ccccc4)c3)ncn2)CC1. The summed E-state index contributed by atoms with van der Waals surface area (Å²) in [5.74, 6) is -1.07. The molecule has 0 unspecified atom stereocenters. The van der Waals surface area contributed by atoms with Gasteiger partial charge in [-0.3, -0.25) is 4.57 Å². The topological polar surface area (TPSA) is 82.4 Å². The van der Waals surface area contributed by atoms with Gasteiger partial charge in [-0.15, -0.1) is 0 Å². The van der Waals surface area contributed by atoms with Crippen LogP contribution in [0.3, 0.4) is 0 Å². The van der Waals surface area contributed by atoms with Gasteiger partial charge in [-0.2, -0.15) is 0 Å². The monoisotopic (exact) mass is 477 g/mol. The minimum atomic E-state index is -1.07. The quantitative estimate of drug-likeness (QED) is 0.416. The Kier molecular flexibility index (Phi) is 6.34. The zero-order valence-corrected chi connectivity index (χ0v) is 18.6. The number of halogens is 2. The summed E-state index contributed by atoms with van der Waals surface area (Å²) in [7, 11) is 0. The maximum atomic E-state index is 13.3. The highest BCUT2D eigenvalue weighted by atomic mass is 19.2. The largest absolute Gasteiger partial charge is 0.474 e. The van der Waals surface area contributed by atoms with Crippen LogP contribution in [0.2, 0.25) is 0 Å². The number of piperidine rings is 1. The average Bonchev–Trinajstić information content (AvgIpc) is 3.38. The van der Waals surface area contributed by atoms with E-state index in [4.69, 9.17) is 9.47 Å². The van der Waals surface area contributed by atoms with E-state index in [9.17, 15) is 13.6 Å². The summed E-state index contributed by atoms with van der Waals surface area (Å²) in [5.41, 5.74) is 1.83. The number of hydrogen-bond acceptors (Lipinski definition) is 6. The van der Waals surface area contributed by atoms with Crippen molar-refractivity contribution in [3.63, 3.8) is 0 Å². The first kappa shape index (κ1) is 22.5. The van der Waals surface area contributed by atoms with Crippen LogP contribution in [-0.4, -0.2) is 49.7 Å². The van der Waals surface area contributed by atoms with Gasteiger partial charge in [0, 0.05) is 49.8 Å². The van der Waals surface area contributed by atoms with E-state index in [0.717, 1.165) is 23.4 Å². The molecule has 0 N–H and O–H groups in total. The zero-order chi connectivity index (χ0) is 24.2. The molecular weight excluding hydrogens is 456 g/mol. The van der Waals surface area contributed by atoms with E-state index in [1.54, 1.807) is 17.0 Å². The first-order valence-corrected chi connectivity index (χ1v) is 11.1. The Hall–Kier alpha value is -4.34. The number of benzene rings is 2. The maximum Gasteiger partial charge on any atom is 0.415 e. The number of likely N-dealkylation sites (tertiary alicyclic amines) is 1. The predicted octanol–water partition coefficient (Wildman–Crippen LogP) is 4.65. The van der Waals surface area contributed by atoms with Crippen molar-refractivity contribution in [1.82, 2.24) is 24.4 Å². The van der Waals surface area contributed by atoms with Crippen LogP contribution in [0.1, 0.15) is 12.8 Å². The molecule has 0 radical (unpaired) electrons. The molecule has 1 fully saturated rings. The molecule has 10 heteroatoms. The molecule has 5 rings (SSSR count). The highest BCUT2D eigenvalue weighted by molar-refractivity contribution is 5.70. The van der Waals surface area contributed by atoms with E-state index in [0.29, 0.717) is 37.6 Å². The Balaban J connectivity index is 1.17. The van der Waals surface area contributed by atoms with Crippen LogP contribution in [0.25, 0.3) is 17.1 Å². The molecule has 0 spiro atoms. The fraction of sp³-hybridized carbons (Fsp3) is 0.200. The molecule has 4 aromatic rings. The lowest BCUT2D eigenvalue weighted by atomic mass is 10.1. The first-order valence-electron chi connectivity index (χ1n) is 11.1. The molecule has 1 saturated heterocycles. The number of carbonyl (C=O) groups excluding carboxylic acids is 1. The summed E-state index contributed by atoms with van der Waals surface area (Å²) in [5, 5.41) is 0. The van der Waals surface area contributed by atoms with E-state index >= 15 is 0 Å². The second kappa shape index (κ2) is 9.88. The molecule has 35 heavy (non-hydrogen) atoms. The number of amides is 1. The van der Waals surface area contributed by atoms with Gasteiger partial charge in [-0.1, -0.05) is 30.3 Å². The summed E-state index contributed by atoms with van der Waals surface area (Å²) in [6.07, 6.45) is 5.37. The highest BCUT2D eigenvalue weighted by Crippen LogP contribution is 2.22. The Morgan fingerprint density at radius 1 is 0.943 bits per heavy atom. The van der Waals surface area contributed by atoms with Gasteiger partial charge < -0.3 is 14.4 Å². The van der Waals surface area contributed by atoms with Crippen LogP contribution in [0.15, 0.2) is 73.4 Å². The Labute approximate surface area is 199 Å². The lowest BCUT2D eigenvalue weighted by Crippen LogP contribution is -2.43. The van der Waals surface area contributed by atoms with Gasteiger partial charge in [0.1, 0.15) is 30.3 Å². The molecule has 0 aliphatic carbocycles. The number of carbonyl (C=O) groups is 1. The lowest BCUT2D eigenvalue weighted by Gasteiger charge is -2.31. The molecule has 0 atom stereocenters. The minimum Gasteiger partial charge on any atom is -0.474 e. The van der Waals surface area contributed by atoms with Crippen molar-refractivity contribution in [1.29, 1.82) is 0 Å². The van der Waals surface area contributed by atoms with E-state index in [-0.39, 0.29) is 11.9 Å². The highest BCUT2D eigenvalue weighted by Gasteiger charge is 2.26. The van der Waals surface area contributed by atoms with Gasteiger partial charge in [-0.25, -0.2) is 28.5 Å². The van der Waals surface area contributed by atoms with Crippen LogP contribution in [0.4, 0.5) is 13.6 Å². The summed E-state index contributed by atoms with van der Waals surface area (Å²) < 4.78 is 39.4. The number of nitrogens with zero attached hydrogens (tertiary/aromatic N) is 5. The molecule has 2 aromatic heterocycles. The Morgan fingerprint density at radius 3 is 2.51 bits per heavy atom. The number of rotatable bonds is 5. The standard InChI is InChI=1S/C25H21F2N5O3/c26-20-7-6-19(12-21(20)27)35-25(33)31-10-8-18(9-11-31)34-24-13-23(28-15-29-24)32-14-22(30-16-32)17-4-2-1-3-5-17/h1-7,12-16,18H,8-11H2. The Bertz CT molecular complexity index is 1320. The van der Waals surface area contributed by atoms with Crippen molar-refractivity contribution >= 4 is 6.09 Å². The third-order valence-electron chi connectivity index (χ3n) is 5.63. The smallest absolute Gasteiger partial charge is 0.415 e. The van der Waals surface area contributed by atoms with Gasteiger partial charge >= 0.3 is 6.09 Å². The van der Waals surface area contributed by atoms with Gasteiger partial charge in [0.15, 0.2) is 11.6 Å². The number of ether oxygens (including phenoxy) is 2. The van der Waals surface area contributed by atoms with Crippen LogP contribution in [0.5, 0.6) is 11.6 Å². The Morgan fingerprint density at radius 2 is 1.74 bits per heavy atom. The van der Waals surface area contributed by atoms with Gasteiger partial charge in [0.2, 0.25) is 5.88 Å². The molecule has 0 bridgehead atoms. The van der Waals surface area contributed by atoms with E-state index in [1.165, 1.54) is 17.3 Å². The molecule has 1 aliphatic rings. The zero-order valence-electron chi connectivity index (χ0n) is 18.6. The van der Waals surface area contributed by atoms with Crippen molar-refractivity contribution in [2.75, 3.05) is 13.1 Å². The molecule has 2 aromatic carbocycles. The van der Waals surface area contributed by atoms with Crippen molar-refractivity contribution < 1.29 is 23.0 Å². The van der Waals surface area contributed by atoms with Crippen LogP contribution < -0.4 is 9.47 Å². The van der Waals surface area contributed by atoms with E-state index in [1.807, 2.05) is 36.5 Å². The summed E-state index contributed by atoms with van der Waals surface area (Å²) in [4.78, 5) is 26.8. The van der Waals surface area contributed by atoms with Crippen molar-refractivity contribution in [3.05, 3.63) is 85.1 Å². The maximum absolute atomic E-state index is 13.3. The second-order valence-electron chi connectivity index (χ2n) is 7.99. The third kappa shape index (κ3) is 5.26. The van der Waals surface area contributed by atoms with Crippen molar-refractivity contribution in [3.8, 4) is 28.7 Å². The molecular formula is C25H21F2N5O3. The second-order valence-corrected chi connectivity index (χ2v) is 7.99. The lowest BCUT2D eigenvalue weighted by molar-refractivity contribution is 0.0903. The van der Waals surface area contributed by atoms with Crippen molar-refractivity contribution in [2.24, 2.45) is 0 Å². The fourth-order valence-corrected chi connectivity index (χ4v) is 3.77. The summed E-state index contributed by atoms with van der Waals surface area (Å²) in [6, 6.07) is 14.6. The van der Waals surface area contributed by atoms with Crippen LogP contribution >= 0.6 is 0 Å². The minimum absolute atomic E-state index is 0.0456. The van der Waals surface area contributed by atoms with Crippen LogP contribution in [0, 0.1) is 11.6 Å². The first-order chi connectivity index (χ1) is 17.0. The number of hydrogen-bond donors (Lipinski definition) is 0. The fourth-order valence-electron chi connectivity index (χ4n) is 3.77. The van der Waals surface area contributed by atoms with Gasteiger partial charge in [0.25, 0.3) is 0 Å². The molecule has 8 nitrogen and oxygen atoms in total. The van der Waals surface area contributed by atoms with Gasteiger partial charge in [0.05, 0.1) is 5.69 Å². The predicted molar refractivity (Wildman–Crippen MR) is 122 cm³/mol. The van der Waals surface area contributed by atoms with Gasteiger partial charge in [-0.05, 0) is 12.1 Å². The molecule has 178 valence electrons. The molecule has 3 heterocycles. The van der Waals surface area contributed by atoms with Crippen LogP contribution in [-0.2, 0) is 0 Å². The van der Waals surface area contributed by atoms with E-state index in [2.05, 4.69) is 15.0 Å². The normalized spacial score (nSPS) is 14.1. The van der Waals surface area contributed by atoms with Crippen molar-refractivity contribution in [2.45, 2.75) is 18.9 Å². The molecule has 1 amide bonds. The average molecular weight is 477 g/mol.